The number of ether oxygens (including phenoxy) is 2. The molecule has 6 nitrogen and oxygen atoms in total. The molecular weight excluding hydrogens is 250 g/mol. The third-order valence-electron chi connectivity index (χ3n) is 1.97. The quantitative estimate of drug-likeness (QED) is 0.471. The van der Waals surface area contributed by atoms with E-state index in [9.17, 15) is 14.9 Å². The molecule has 0 saturated carbocycles. The lowest BCUT2D eigenvalue weighted by atomic mass is 10.1. The molecule has 17 heavy (non-hydrogen) atoms. The highest BCUT2D eigenvalue weighted by Gasteiger charge is 2.29. The summed E-state index contributed by atoms with van der Waals surface area (Å²) in [5.41, 5.74) is -0.781. The van der Waals surface area contributed by atoms with Gasteiger partial charge in [0.1, 0.15) is 10.8 Å². The van der Waals surface area contributed by atoms with E-state index in [0.29, 0.717) is 0 Å². The van der Waals surface area contributed by atoms with Crippen LogP contribution in [-0.2, 0) is 4.74 Å². The first-order valence-electron chi connectivity index (χ1n) is 4.70. The number of benzene rings is 1. The van der Waals surface area contributed by atoms with Crippen molar-refractivity contribution < 1.29 is 19.2 Å². The maximum atomic E-state index is 11.6. The molecule has 0 aliphatic heterocycles. The summed E-state index contributed by atoms with van der Waals surface area (Å²) in [6, 6.07) is 2.67. The van der Waals surface area contributed by atoms with Crippen molar-refractivity contribution in [2.24, 2.45) is 0 Å². The number of nitrogens with zero attached hydrogens (tertiary/aromatic N) is 1. The zero-order valence-electron chi connectivity index (χ0n) is 9.23. The Morgan fingerprint density at radius 2 is 2.18 bits per heavy atom. The molecule has 0 N–H and O–H groups in total. The van der Waals surface area contributed by atoms with E-state index in [2.05, 4.69) is 0 Å². The van der Waals surface area contributed by atoms with Crippen LogP contribution < -0.4 is 4.74 Å². The van der Waals surface area contributed by atoms with Gasteiger partial charge in [-0.15, -0.1) is 0 Å². The van der Waals surface area contributed by atoms with Gasteiger partial charge in [0.25, 0.3) is 0 Å². The predicted molar refractivity (Wildman–Crippen MR) is 60.6 cm³/mol. The number of rotatable bonds is 4. The summed E-state index contributed by atoms with van der Waals surface area (Å²) in [6.07, 6.45) is 0. The van der Waals surface area contributed by atoms with E-state index in [1.807, 2.05) is 0 Å². The predicted octanol–water partition coefficient (Wildman–Crippen LogP) is 2.43. The Kier molecular flexibility index (Phi) is 4.28. The third-order valence-corrected chi connectivity index (χ3v) is 2.28. The van der Waals surface area contributed by atoms with Crippen LogP contribution in [0.5, 0.6) is 5.75 Å². The Hall–Kier alpha value is -1.82. The highest BCUT2D eigenvalue weighted by Crippen LogP contribution is 2.35. The molecule has 1 aromatic carbocycles. The van der Waals surface area contributed by atoms with Crippen molar-refractivity contribution in [1.29, 1.82) is 0 Å². The summed E-state index contributed by atoms with van der Waals surface area (Å²) in [5, 5.41) is 10.7. The fourth-order valence-corrected chi connectivity index (χ4v) is 1.52. The number of nitro groups is 1. The molecule has 1 aromatic rings. The summed E-state index contributed by atoms with van der Waals surface area (Å²) in [6.45, 7) is 1.70. The summed E-state index contributed by atoms with van der Waals surface area (Å²) in [5.74, 6) is -0.780. The minimum absolute atomic E-state index is 0.0551. The van der Waals surface area contributed by atoms with E-state index >= 15 is 0 Å². The Morgan fingerprint density at radius 1 is 1.53 bits per heavy atom. The normalized spacial score (nSPS) is 9.82. The maximum Gasteiger partial charge on any atom is 0.349 e. The highest BCUT2D eigenvalue weighted by molar-refractivity contribution is 6.33. The van der Waals surface area contributed by atoms with E-state index in [1.54, 1.807) is 6.92 Å². The Morgan fingerprint density at radius 3 is 2.65 bits per heavy atom. The van der Waals surface area contributed by atoms with Crippen LogP contribution in [0.15, 0.2) is 12.1 Å². The van der Waals surface area contributed by atoms with Crippen molar-refractivity contribution in [3.8, 4) is 5.75 Å². The van der Waals surface area contributed by atoms with Crippen molar-refractivity contribution in [1.82, 2.24) is 0 Å². The average Bonchev–Trinajstić information content (AvgIpc) is 2.28. The monoisotopic (exact) mass is 259 g/mol. The topological polar surface area (TPSA) is 78.7 Å². The van der Waals surface area contributed by atoms with Gasteiger partial charge < -0.3 is 9.47 Å². The van der Waals surface area contributed by atoms with E-state index in [1.165, 1.54) is 19.2 Å². The number of esters is 1. The molecule has 7 heteroatoms. The Balaban J connectivity index is 3.45. The molecule has 0 radical (unpaired) electrons. The summed E-state index contributed by atoms with van der Waals surface area (Å²) >= 11 is 5.69. The van der Waals surface area contributed by atoms with Crippen molar-refractivity contribution in [2.45, 2.75) is 6.92 Å². The van der Waals surface area contributed by atoms with Crippen LogP contribution in [0.3, 0.4) is 0 Å². The lowest BCUT2D eigenvalue weighted by molar-refractivity contribution is -0.385. The number of carbonyl (C=O) groups is 1. The van der Waals surface area contributed by atoms with E-state index < -0.39 is 16.6 Å². The van der Waals surface area contributed by atoms with Crippen molar-refractivity contribution in [3.05, 3.63) is 32.8 Å². The van der Waals surface area contributed by atoms with Gasteiger partial charge in [-0.2, -0.15) is 0 Å². The first-order valence-corrected chi connectivity index (χ1v) is 5.08. The summed E-state index contributed by atoms with van der Waals surface area (Å²) in [7, 11) is 1.30. The van der Waals surface area contributed by atoms with Crippen LogP contribution in [-0.4, -0.2) is 24.6 Å². The molecule has 0 unspecified atom stereocenters. The molecule has 0 amide bonds. The standard InChI is InChI=1S/C10H10ClNO5/c1-3-17-10(13)8-7(16-2)5-4-6(11)9(8)12(14)15/h4-5H,3H2,1-2H3. The molecule has 1 rings (SSSR count). The van der Waals surface area contributed by atoms with E-state index in [0.717, 1.165) is 0 Å². The number of halogens is 1. The van der Waals surface area contributed by atoms with E-state index in [-0.39, 0.29) is 22.9 Å². The zero-order valence-corrected chi connectivity index (χ0v) is 9.98. The molecule has 0 aliphatic carbocycles. The number of nitro benzene ring substituents is 1. The van der Waals surface area contributed by atoms with Gasteiger partial charge in [0.2, 0.25) is 0 Å². The van der Waals surface area contributed by atoms with Gasteiger partial charge in [0.15, 0.2) is 5.56 Å². The van der Waals surface area contributed by atoms with Crippen molar-refractivity contribution >= 4 is 23.3 Å². The first-order chi connectivity index (χ1) is 8.02. The molecule has 0 heterocycles. The Bertz CT molecular complexity index is 460. The Labute approximate surface area is 102 Å². The zero-order chi connectivity index (χ0) is 13.0. The molecule has 0 spiro atoms. The van der Waals surface area contributed by atoms with Gasteiger partial charge in [-0.1, -0.05) is 11.6 Å². The smallest absolute Gasteiger partial charge is 0.349 e. The molecule has 0 saturated heterocycles. The van der Waals surface area contributed by atoms with Crippen LogP contribution in [0, 0.1) is 10.1 Å². The van der Waals surface area contributed by atoms with Crippen LogP contribution in [0.2, 0.25) is 5.02 Å². The van der Waals surface area contributed by atoms with Crippen LogP contribution in [0.1, 0.15) is 17.3 Å². The maximum absolute atomic E-state index is 11.6. The first kappa shape index (κ1) is 13.2. The fraction of sp³-hybridized carbons (Fsp3) is 0.300. The second-order valence-corrected chi connectivity index (χ2v) is 3.36. The van der Waals surface area contributed by atoms with E-state index in [4.69, 9.17) is 21.1 Å². The fourth-order valence-electron chi connectivity index (χ4n) is 1.30. The lowest BCUT2D eigenvalue weighted by Gasteiger charge is -2.08. The molecule has 0 atom stereocenters. The van der Waals surface area contributed by atoms with Crippen LogP contribution >= 0.6 is 11.6 Å². The van der Waals surface area contributed by atoms with Crippen molar-refractivity contribution in [2.75, 3.05) is 13.7 Å². The SMILES string of the molecule is CCOC(=O)c1c(OC)ccc(Cl)c1[N+](=O)[O-]. The minimum Gasteiger partial charge on any atom is -0.496 e. The highest BCUT2D eigenvalue weighted by atomic mass is 35.5. The lowest BCUT2D eigenvalue weighted by Crippen LogP contribution is -2.10. The summed E-state index contributed by atoms with van der Waals surface area (Å²) < 4.78 is 9.63. The van der Waals surface area contributed by atoms with Gasteiger partial charge in [-0.05, 0) is 19.1 Å². The molecule has 0 aliphatic rings. The number of methoxy groups -OCH3 is 1. The number of hydrogen-bond acceptors (Lipinski definition) is 5. The molecular formula is C10H10ClNO5. The molecule has 0 aromatic heterocycles. The van der Waals surface area contributed by atoms with Crippen LogP contribution in [0.25, 0.3) is 0 Å². The largest absolute Gasteiger partial charge is 0.496 e. The number of carbonyl (C=O) groups excluding carboxylic acids is 1. The average molecular weight is 260 g/mol. The summed E-state index contributed by atoms with van der Waals surface area (Å²) in [4.78, 5) is 21.8. The van der Waals surface area contributed by atoms with Gasteiger partial charge in [0.05, 0.1) is 18.6 Å². The molecule has 0 fully saturated rings. The van der Waals surface area contributed by atoms with Gasteiger partial charge in [-0.3, -0.25) is 10.1 Å². The van der Waals surface area contributed by atoms with Gasteiger partial charge >= 0.3 is 11.7 Å². The number of hydrogen-bond donors (Lipinski definition) is 0. The van der Waals surface area contributed by atoms with Crippen LogP contribution in [0.4, 0.5) is 5.69 Å². The minimum atomic E-state index is -0.835. The third kappa shape index (κ3) is 2.65. The molecule has 0 bridgehead atoms. The van der Waals surface area contributed by atoms with Gasteiger partial charge in [0, 0.05) is 0 Å². The second-order valence-electron chi connectivity index (χ2n) is 2.95. The van der Waals surface area contributed by atoms with Crippen molar-refractivity contribution in [3.63, 3.8) is 0 Å². The van der Waals surface area contributed by atoms with Gasteiger partial charge in [-0.25, -0.2) is 4.79 Å². The second kappa shape index (κ2) is 5.49. The molecule has 92 valence electrons.